The van der Waals surface area contributed by atoms with Crippen molar-refractivity contribution in [2.75, 3.05) is 26.2 Å². The molecule has 3 rings (SSSR count). The van der Waals surface area contributed by atoms with Crippen molar-refractivity contribution in [3.8, 4) is 0 Å². The molecule has 1 aliphatic heterocycles. The maximum Gasteiger partial charge on any atom is 0.223 e. The number of likely N-dealkylation sites (tertiary alicyclic amines) is 1. The number of carbonyl (C=O) groups is 2. The van der Waals surface area contributed by atoms with Gasteiger partial charge in [-0.3, -0.25) is 9.59 Å². The molecule has 1 heterocycles. The quantitative estimate of drug-likeness (QED) is 0.807. The van der Waals surface area contributed by atoms with Crippen molar-refractivity contribution in [3.63, 3.8) is 0 Å². The Morgan fingerprint density at radius 2 is 1.77 bits per heavy atom. The van der Waals surface area contributed by atoms with Gasteiger partial charge in [0.1, 0.15) is 0 Å². The van der Waals surface area contributed by atoms with Crippen molar-refractivity contribution < 1.29 is 9.59 Å². The number of amides is 2. The van der Waals surface area contributed by atoms with Crippen molar-refractivity contribution in [2.24, 2.45) is 0 Å². The summed E-state index contributed by atoms with van der Waals surface area (Å²) in [5.74, 6) is 0.845. The predicted octanol–water partition coefficient (Wildman–Crippen LogP) is 3.70. The summed E-state index contributed by atoms with van der Waals surface area (Å²) < 4.78 is 0. The van der Waals surface area contributed by atoms with Crippen LogP contribution in [0.2, 0.25) is 0 Å². The zero-order valence-electron chi connectivity index (χ0n) is 16.5. The van der Waals surface area contributed by atoms with Crippen LogP contribution in [0.15, 0.2) is 24.3 Å². The molecule has 0 radical (unpaired) electrons. The lowest BCUT2D eigenvalue weighted by Gasteiger charge is -2.40. The molecule has 1 atom stereocenters. The zero-order valence-corrected chi connectivity index (χ0v) is 16.5. The smallest absolute Gasteiger partial charge is 0.223 e. The molecule has 2 amide bonds. The van der Waals surface area contributed by atoms with E-state index < -0.39 is 0 Å². The zero-order chi connectivity index (χ0) is 18.7. The van der Waals surface area contributed by atoms with E-state index in [9.17, 15) is 9.59 Å². The molecule has 1 aromatic carbocycles. The van der Waals surface area contributed by atoms with Gasteiger partial charge in [-0.25, -0.2) is 0 Å². The second-order valence-corrected chi connectivity index (χ2v) is 7.77. The molecule has 1 spiro atoms. The summed E-state index contributed by atoms with van der Waals surface area (Å²) in [5.41, 5.74) is 2.94. The van der Waals surface area contributed by atoms with Crippen LogP contribution in [0.3, 0.4) is 0 Å². The van der Waals surface area contributed by atoms with Crippen LogP contribution in [-0.2, 0) is 15.0 Å². The number of carbonyl (C=O) groups excluding carboxylic acids is 2. The van der Waals surface area contributed by atoms with Gasteiger partial charge in [0, 0.05) is 39.0 Å². The van der Waals surface area contributed by atoms with Crippen LogP contribution in [0.25, 0.3) is 0 Å². The Morgan fingerprint density at radius 3 is 2.38 bits per heavy atom. The minimum absolute atomic E-state index is 0.148. The van der Waals surface area contributed by atoms with Gasteiger partial charge in [-0.2, -0.15) is 0 Å². The van der Waals surface area contributed by atoms with Crippen LogP contribution in [-0.4, -0.2) is 47.8 Å². The molecular weight excluding hydrogens is 324 g/mol. The number of rotatable bonds is 5. The van der Waals surface area contributed by atoms with Crippen molar-refractivity contribution >= 4 is 11.8 Å². The van der Waals surface area contributed by atoms with E-state index in [0.717, 1.165) is 45.4 Å². The lowest BCUT2D eigenvalue weighted by Crippen LogP contribution is -2.44. The van der Waals surface area contributed by atoms with Crippen LogP contribution in [0, 0.1) is 0 Å². The summed E-state index contributed by atoms with van der Waals surface area (Å²) in [6.07, 6.45) is 4.29. The highest BCUT2D eigenvalue weighted by atomic mass is 16.2. The highest BCUT2D eigenvalue weighted by Gasteiger charge is 2.46. The molecule has 2 aliphatic rings. The Hall–Kier alpha value is -1.84. The average molecular weight is 357 g/mol. The molecule has 1 aromatic rings. The number of hydrogen-bond acceptors (Lipinski definition) is 2. The Labute approximate surface area is 157 Å². The summed E-state index contributed by atoms with van der Waals surface area (Å²) in [5, 5.41) is 0. The van der Waals surface area contributed by atoms with E-state index in [1.165, 1.54) is 11.1 Å². The third-order valence-corrected chi connectivity index (χ3v) is 6.52. The summed E-state index contributed by atoms with van der Waals surface area (Å²) in [6.45, 7) is 9.28. The maximum atomic E-state index is 12.7. The molecule has 26 heavy (non-hydrogen) atoms. The van der Waals surface area contributed by atoms with Gasteiger partial charge in [0.25, 0.3) is 0 Å². The second kappa shape index (κ2) is 7.81. The fourth-order valence-electron chi connectivity index (χ4n) is 5.01. The van der Waals surface area contributed by atoms with E-state index in [-0.39, 0.29) is 17.2 Å². The lowest BCUT2D eigenvalue weighted by atomic mass is 9.73. The first-order chi connectivity index (χ1) is 12.5. The van der Waals surface area contributed by atoms with E-state index in [4.69, 9.17) is 0 Å². The van der Waals surface area contributed by atoms with Crippen molar-refractivity contribution in [1.29, 1.82) is 0 Å². The molecule has 0 bridgehead atoms. The van der Waals surface area contributed by atoms with E-state index in [0.29, 0.717) is 18.8 Å². The van der Waals surface area contributed by atoms with E-state index in [1.54, 1.807) is 0 Å². The third kappa shape index (κ3) is 3.38. The molecule has 0 aromatic heterocycles. The maximum absolute atomic E-state index is 12.7. The Bertz CT molecular complexity index is 658. The minimum atomic E-state index is 0.148. The molecule has 0 saturated carbocycles. The van der Waals surface area contributed by atoms with E-state index in [1.807, 2.05) is 30.6 Å². The number of fused-ring (bicyclic) bond motifs is 2. The third-order valence-electron chi connectivity index (χ3n) is 6.52. The fraction of sp³-hybridized carbons (Fsp3) is 0.636. The molecule has 4 nitrogen and oxygen atoms in total. The second-order valence-electron chi connectivity index (χ2n) is 7.77. The number of nitrogens with zero attached hydrogens (tertiary/aromatic N) is 2. The predicted molar refractivity (Wildman–Crippen MR) is 104 cm³/mol. The van der Waals surface area contributed by atoms with E-state index in [2.05, 4.69) is 24.3 Å². The monoisotopic (exact) mass is 356 g/mol. The van der Waals surface area contributed by atoms with Crippen LogP contribution in [0.5, 0.6) is 0 Å². The standard InChI is InChI=1S/C22H32N2O2/c1-4-20(25)24-13-11-22(12-14-24)16-17(15-21(26)23(5-2)6-3)18-9-7-8-10-19(18)22/h7-10,17H,4-6,11-16H2,1-3H3/t17-/m1/s1. The van der Waals surface area contributed by atoms with Crippen LogP contribution >= 0.6 is 0 Å². The van der Waals surface area contributed by atoms with Crippen molar-refractivity contribution in [2.45, 2.75) is 64.2 Å². The first-order valence-corrected chi connectivity index (χ1v) is 10.2. The van der Waals surface area contributed by atoms with Gasteiger partial charge in [0.05, 0.1) is 0 Å². The van der Waals surface area contributed by atoms with Gasteiger partial charge >= 0.3 is 0 Å². The number of piperidine rings is 1. The molecule has 1 saturated heterocycles. The summed E-state index contributed by atoms with van der Waals surface area (Å²) in [6, 6.07) is 8.70. The Morgan fingerprint density at radius 1 is 1.12 bits per heavy atom. The highest BCUT2D eigenvalue weighted by molar-refractivity contribution is 5.78. The molecule has 0 unspecified atom stereocenters. The van der Waals surface area contributed by atoms with Crippen LogP contribution in [0.1, 0.15) is 69.9 Å². The molecule has 142 valence electrons. The van der Waals surface area contributed by atoms with Gasteiger partial charge < -0.3 is 9.80 Å². The lowest BCUT2D eigenvalue weighted by molar-refractivity contribution is -0.132. The van der Waals surface area contributed by atoms with Gasteiger partial charge in [0.2, 0.25) is 11.8 Å². The fourth-order valence-corrected chi connectivity index (χ4v) is 5.01. The normalized spacial score (nSPS) is 20.9. The highest BCUT2D eigenvalue weighted by Crippen LogP contribution is 2.52. The number of benzene rings is 1. The van der Waals surface area contributed by atoms with Crippen molar-refractivity contribution in [3.05, 3.63) is 35.4 Å². The molecular formula is C22H32N2O2. The molecule has 1 aliphatic carbocycles. The van der Waals surface area contributed by atoms with Gasteiger partial charge in [-0.15, -0.1) is 0 Å². The summed E-state index contributed by atoms with van der Waals surface area (Å²) in [4.78, 5) is 28.7. The van der Waals surface area contributed by atoms with Gasteiger partial charge in [-0.1, -0.05) is 31.2 Å². The largest absolute Gasteiger partial charge is 0.343 e. The molecule has 4 heteroatoms. The Kier molecular flexibility index (Phi) is 5.69. The first kappa shape index (κ1) is 18.9. The summed E-state index contributed by atoms with van der Waals surface area (Å²) >= 11 is 0. The summed E-state index contributed by atoms with van der Waals surface area (Å²) in [7, 11) is 0. The van der Waals surface area contributed by atoms with Crippen LogP contribution < -0.4 is 0 Å². The van der Waals surface area contributed by atoms with Gasteiger partial charge in [0.15, 0.2) is 0 Å². The first-order valence-electron chi connectivity index (χ1n) is 10.2. The number of hydrogen-bond donors (Lipinski definition) is 0. The Balaban J connectivity index is 1.78. The average Bonchev–Trinajstić information content (AvgIpc) is 2.96. The molecule has 0 N–H and O–H groups in total. The van der Waals surface area contributed by atoms with Gasteiger partial charge in [-0.05, 0) is 55.6 Å². The van der Waals surface area contributed by atoms with Crippen LogP contribution in [0.4, 0.5) is 0 Å². The SMILES string of the molecule is CCC(=O)N1CCC2(CC1)C[C@@H](CC(=O)N(CC)CC)c1ccccc12. The molecule has 1 fully saturated rings. The van der Waals surface area contributed by atoms with E-state index >= 15 is 0 Å². The minimum Gasteiger partial charge on any atom is -0.343 e. The topological polar surface area (TPSA) is 40.6 Å². The van der Waals surface area contributed by atoms with Crippen molar-refractivity contribution in [1.82, 2.24) is 9.80 Å².